The molecule has 9 nitrogen and oxygen atoms in total. The van der Waals surface area contributed by atoms with E-state index >= 15 is 0 Å². The Morgan fingerprint density at radius 1 is 0.476 bits per heavy atom. The van der Waals surface area contributed by atoms with Crippen molar-refractivity contribution in [1.29, 1.82) is 0 Å². The van der Waals surface area contributed by atoms with E-state index in [4.69, 9.17) is 22.4 Å². The van der Waals surface area contributed by atoms with Crippen LogP contribution >= 0.6 is 15.8 Å². The average Bonchev–Trinajstić information content (AvgIpc) is 4.07. The predicted octanol–water partition coefficient (Wildman–Crippen LogP) is 8.57. The first-order chi connectivity index (χ1) is 29.7. The van der Waals surface area contributed by atoms with Crippen molar-refractivity contribution < 1.29 is 78.4 Å². The van der Waals surface area contributed by atoms with Gasteiger partial charge in [0.25, 0.3) is 0 Å². The van der Waals surface area contributed by atoms with Crippen LogP contribution in [0.1, 0.15) is 36.8 Å². The summed E-state index contributed by atoms with van der Waals surface area (Å²) in [6.45, 7) is 4.00. The maximum Gasteiger partial charge on any atom is 1.00 e. The molecule has 0 unspecified atom stereocenters. The van der Waals surface area contributed by atoms with Gasteiger partial charge in [-0.15, -0.1) is 0 Å². The summed E-state index contributed by atoms with van der Waals surface area (Å²) < 4.78 is 68.8. The number of ether oxygens (including phenoxy) is 2. The van der Waals surface area contributed by atoms with Gasteiger partial charge in [0.05, 0.1) is 49.4 Å². The normalized spacial score (nSPS) is 13.1. The van der Waals surface area contributed by atoms with Crippen LogP contribution in [0.2, 0.25) is 0 Å². The van der Waals surface area contributed by atoms with Crippen LogP contribution in [0, 0.1) is 0 Å². The standard InChI is InChI=1S/2C19H17O2P.2C4H8O.CHF3O3S.Ag/c2*20-18-12-11-15(13-19(18)21)14-22(16-7-3-1-4-8-16)17-9-5-2-6-10-17;2*1-2-4-5-3-1;2-1(3,4)8(5,6)7;/h2*1-13,20-21H,14H2;2*1-4H2;(H,5,6,7);/q;;;;;+1/p+1. The second kappa shape index (κ2) is 27.8. The quantitative estimate of drug-likeness (QED) is 0.0386. The molecule has 0 amide bonds. The summed E-state index contributed by atoms with van der Waals surface area (Å²) in [5, 5.41) is 43.7. The molecule has 63 heavy (non-hydrogen) atoms. The number of rotatable bonds is 8. The Morgan fingerprint density at radius 3 is 0.921 bits per heavy atom. The number of alkyl halides is 3. The van der Waals surface area contributed by atoms with Gasteiger partial charge in [-0.2, -0.15) is 13.2 Å². The molecule has 6 aromatic carbocycles. The summed E-state index contributed by atoms with van der Waals surface area (Å²) in [5.74, 6) is -0.256. The number of phenolic OH excluding ortho intramolecular Hbond substituents is 4. The summed E-state index contributed by atoms with van der Waals surface area (Å²) in [6, 6.07) is 52.2. The third-order valence-electron chi connectivity index (χ3n) is 9.27. The van der Waals surface area contributed by atoms with Crippen molar-refractivity contribution in [3.8, 4) is 23.0 Å². The largest absolute Gasteiger partial charge is 1.00 e. The zero-order chi connectivity index (χ0) is 44.8. The number of hydrogen-bond acceptors (Lipinski definition) is 9. The minimum Gasteiger partial charge on any atom is -0.741 e. The van der Waals surface area contributed by atoms with Crippen LogP contribution in [0.25, 0.3) is 0 Å². The van der Waals surface area contributed by atoms with Crippen LogP contribution < -0.4 is 21.2 Å². The van der Waals surface area contributed by atoms with Gasteiger partial charge in [-0.3, -0.25) is 0 Å². The van der Waals surface area contributed by atoms with E-state index in [9.17, 15) is 33.6 Å². The molecule has 2 heterocycles. The SMILES string of the molecule is C1CCOC1.C1CCOC1.O=S(=O)([O-])C(F)(F)F.Oc1ccc(C[PH+](c2ccccc2)c2ccccc2)cc1O.Oc1ccc(C[PH+](c2ccccc2)c2ccccc2)cc1O.[Ag+]. The van der Waals surface area contributed by atoms with E-state index in [2.05, 4.69) is 97.1 Å². The van der Waals surface area contributed by atoms with Gasteiger partial charge < -0.3 is 34.5 Å². The van der Waals surface area contributed by atoms with Crippen LogP contribution in [0.15, 0.2) is 158 Å². The van der Waals surface area contributed by atoms with Gasteiger partial charge in [0.15, 0.2) is 33.1 Å². The molecule has 6 aromatic rings. The first kappa shape index (κ1) is 53.1. The molecule has 0 spiro atoms. The molecule has 4 N–H and O–H groups in total. The zero-order valence-corrected chi connectivity index (χ0v) is 38.6. The molecule has 340 valence electrons. The van der Waals surface area contributed by atoms with Gasteiger partial charge in [0.2, 0.25) is 0 Å². The summed E-state index contributed by atoms with van der Waals surface area (Å²) in [5.41, 5.74) is -3.57. The van der Waals surface area contributed by atoms with Gasteiger partial charge in [0.1, 0.15) is 0 Å². The van der Waals surface area contributed by atoms with Crippen LogP contribution in [0.5, 0.6) is 23.0 Å². The molecule has 8 rings (SSSR count). The van der Waals surface area contributed by atoms with Crippen LogP contribution in [-0.4, -0.2) is 65.3 Å². The van der Waals surface area contributed by atoms with Gasteiger partial charge in [-0.05, 0) is 110 Å². The van der Waals surface area contributed by atoms with Crippen molar-refractivity contribution in [2.45, 2.75) is 43.5 Å². The summed E-state index contributed by atoms with van der Waals surface area (Å²) in [4.78, 5) is 0. The third-order valence-corrected chi connectivity index (χ3v) is 15.5. The van der Waals surface area contributed by atoms with E-state index in [0.29, 0.717) is 0 Å². The average molecular weight is 1020 g/mol. The molecular weight excluding hydrogens is 967 g/mol. The Kier molecular flexibility index (Phi) is 23.4. The Labute approximate surface area is 385 Å². The van der Waals surface area contributed by atoms with Crippen LogP contribution in [0.3, 0.4) is 0 Å². The summed E-state index contributed by atoms with van der Waals surface area (Å²) in [6.07, 6.45) is 6.85. The van der Waals surface area contributed by atoms with Crippen molar-refractivity contribution in [2.75, 3.05) is 26.4 Å². The fraction of sp³-hybridized carbons (Fsp3) is 0.234. The fourth-order valence-electron chi connectivity index (χ4n) is 6.09. The van der Waals surface area contributed by atoms with E-state index in [0.717, 1.165) is 49.9 Å². The first-order valence-corrected chi connectivity index (χ1v) is 24.7. The summed E-state index contributed by atoms with van der Waals surface area (Å²) in [7, 11) is -8.04. The number of phenols is 4. The Morgan fingerprint density at radius 2 is 0.730 bits per heavy atom. The molecule has 2 aliphatic heterocycles. The Balaban J connectivity index is 0.000000239. The van der Waals surface area contributed by atoms with Crippen molar-refractivity contribution >= 4 is 47.2 Å². The molecule has 0 aromatic heterocycles. The second-order valence-corrected chi connectivity index (χ2v) is 20.3. The third kappa shape index (κ3) is 19.2. The molecule has 2 fully saturated rings. The minimum absolute atomic E-state index is 0. The predicted molar refractivity (Wildman–Crippen MR) is 244 cm³/mol. The zero-order valence-electron chi connectivity index (χ0n) is 34.3. The van der Waals surface area contributed by atoms with Crippen molar-refractivity contribution in [2.24, 2.45) is 0 Å². The Bertz CT molecular complexity index is 2050. The van der Waals surface area contributed by atoms with E-state index in [-0.39, 0.29) is 45.4 Å². The molecule has 2 saturated heterocycles. The van der Waals surface area contributed by atoms with Crippen molar-refractivity contribution in [3.05, 3.63) is 169 Å². The topological polar surface area (TPSA) is 157 Å². The van der Waals surface area contributed by atoms with E-state index in [1.165, 1.54) is 46.9 Å². The van der Waals surface area contributed by atoms with Crippen molar-refractivity contribution in [3.63, 3.8) is 0 Å². The number of aromatic hydroxyl groups is 4. The molecule has 0 saturated carbocycles. The van der Waals surface area contributed by atoms with E-state index < -0.39 is 31.5 Å². The van der Waals surface area contributed by atoms with Crippen molar-refractivity contribution in [1.82, 2.24) is 0 Å². The molecule has 2 aliphatic rings. The maximum absolute atomic E-state index is 10.7. The van der Waals surface area contributed by atoms with E-state index in [1.807, 2.05) is 36.4 Å². The molecule has 0 bridgehead atoms. The smallest absolute Gasteiger partial charge is 0.741 e. The van der Waals surface area contributed by atoms with Gasteiger partial charge in [0, 0.05) is 26.4 Å². The van der Waals surface area contributed by atoms with Crippen LogP contribution in [0.4, 0.5) is 13.2 Å². The number of halogens is 3. The van der Waals surface area contributed by atoms with Gasteiger partial charge in [-0.1, -0.05) is 84.9 Å². The minimum atomic E-state index is -6.09. The van der Waals surface area contributed by atoms with Crippen LogP contribution in [-0.2, 0) is 54.3 Å². The number of hydrogen-bond donors (Lipinski definition) is 4. The molecular formula is C47H52AgF3O9P2S+2. The Hall–Kier alpha value is -4.26. The molecule has 16 heteroatoms. The first-order valence-electron chi connectivity index (χ1n) is 19.9. The van der Waals surface area contributed by atoms with E-state index in [1.54, 1.807) is 24.3 Å². The molecule has 0 radical (unpaired) electrons. The fourth-order valence-corrected chi connectivity index (χ4v) is 11.2. The molecule has 0 aliphatic carbocycles. The monoisotopic (exact) mass is 1020 g/mol. The summed E-state index contributed by atoms with van der Waals surface area (Å²) >= 11 is 0. The second-order valence-electron chi connectivity index (χ2n) is 14.0. The maximum atomic E-state index is 10.7. The van der Waals surface area contributed by atoms with Gasteiger partial charge in [-0.25, -0.2) is 8.42 Å². The number of benzene rings is 6. The molecule has 0 atom stereocenters. The van der Waals surface area contributed by atoms with Gasteiger partial charge >= 0.3 is 27.9 Å².